The Kier molecular flexibility index (Phi) is 7.22. The molecule has 0 atom stereocenters. The minimum atomic E-state index is -3.04. The average molecular weight is 343 g/mol. The van der Waals surface area contributed by atoms with E-state index in [2.05, 4.69) is 30.4 Å². The first-order valence-electron chi connectivity index (χ1n) is 8.22. The first kappa shape index (κ1) is 18.4. The third-order valence-electron chi connectivity index (χ3n) is 3.65. The van der Waals surface area contributed by atoms with Crippen molar-refractivity contribution in [2.45, 2.75) is 19.1 Å². The number of nitrogens with one attached hydrogen (secondary N) is 1. The fourth-order valence-corrected chi connectivity index (χ4v) is 3.92. The SMILES string of the molecule is C/C(=C/c1ccccc1)CNCCCS(=O)(=O)Cc1ccccc1. The molecular formula is C20H25NO2S. The zero-order chi connectivity index (χ0) is 17.3. The lowest BCUT2D eigenvalue weighted by molar-refractivity contribution is 0.589. The fourth-order valence-electron chi connectivity index (χ4n) is 2.49. The average Bonchev–Trinajstić information content (AvgIpc) is 2.56. The lowest BCUT2D eigenvalue weighted by atomic mass is 10.1. The van der Waals surface area contributed by atoms with Gasteiger partial charge in [-0.3, -0.25) is 0 Å². The van der Waals surface area contributed by atoms with E-state index in [0.29, 0.717) is 13.0 Å². The van der Waals surface area contributed by atoms with E-state index in [4.69, 9.17) is 0 Å². The Labute approximate surface area is 145 Å². The highest BCUT2D eigenvalue weighted by molar-refractivity contribution is 7.90. The van der Waals surface area contributed by atoms with Gasteiger partial charge in [-0.1, -0.05) is 72.3 Å². The molecule has 2 rings (SSSR count). The first-order valence-corrected chi connectivity index (χ1v) is 10.0. The third-order valence-corrected chi connectivity index (χ3v) is 5.34. The van der Waals surface area contributed by atoms with E-state index in [1.165, 1.54) is 11.1 Å². The maximum atomic E-state index is 12.1. The van der Waals surface area contributed by atoms with Crippen molar-refractivity contribution in [3.8, 4) is 0 Å². The summed E-state index contributed by atoms with van der Waals surface area (Å²) in [6.07, 6.45) is 2.77. The van der Waals surface area contributed by atoms with Crippen molar-refractivity contribution in [3.05, 3.63) is 77.4 Å². The topological polar surface area (TPSA) is 46.2 Å². The monoisotopic (exact) mass is 343 g/mol. The summed E-state index contributed by atoms with van der Waals surface area (Å²) >= 11 is 0. The highest BCUT2D eigenvalue weighted by atomic mass is 32.2. The lowest BCUT2D eigenvalue weighted by Gasteiger charge is -2.07. The zero-order valence-corrected chi connectivity index (χ0v) is 14.9. The molecule has 0 aliphatic heterocycles. The van der Waals surface area contributed by atoms with Crippen LogP contribution in [0.25, 0.3) is 6.08 Å². The summed E-state index contributed by atoms with van der Waals surface area (Å²) in [5.41, 5.74) is 3.27. The minimum absolute atomic E-state index is 0.126. The molecule has 0 aromatic heterocycles. The van der Waals surface area contributed by atoms with Crippen molar-refractivity contribution in [2.24, 2.45) is 0 Å². The molecule has 0 heterocycles. The summed E-state index contributed by atoms with van der Waals surface area (Å²) < 4.78 is 24.2. The van der Waals surface area contributed by atoms with Gasteiger partial charge in [0, 0.05) is 6.54 Å². The van der Waals surface area contributed by atoms with Crippen molar-refractivity contribution in [1.82, 2.24) is 5.32 Å². The van der Waals surface area contributed by atoms with Gasteiger partial charge in [0.05, 0.1) is 11.5 Å². The normalized spacial score (nSPS) is 12.3. The summed E-state index contributed by atoms with van der Waals surface area (Å²) in [7, 11) is -3.04. The van der Waals surface area contributed by atoms with Gasteiger partial charge < -0.3 is 5.32 Å². The van der Waals surface area contributed by atoms with Crippen molar-refractivity contribution in [3.63, 3.8) is 0 Å². The highest BCUT2D eigenvalue weighted by Crippen LogP contribution is 2.07. The number of rotatable bonds is 9. The van der Waals surface area contributed by atoms with Gasteiger partial charge in [-0.2, -0.15) is 0 Å². The summed E-state index contributed by atoms with van der Waals surface area (Å²) in [4.78, 5) is 0. The molecule has 24 heavy (non-hydrogen) atoms. The van der Waals surface area contributed by atoms with Crippen molar-refractivity contribution in [1.29, 1.82) is 0 Å². The largest absolute Gasteiger partial charge is 0.313 e. The molecule has 4 heteroatoms. The van der Waals surface area contributed by atoms with Crippen LogP contribution in [-0.4, -0.2) is 27.3 Å². The van der Waals surface area contributed by atoms with E-state index in [9.17, 15) is 8.42 Å². The second-order valence-electron chi connectivity index (χ2n) is 6.01. The van der Waals surface area contributed by atoms with Crippen LogP contribution in [0.4, 0.5) is 0 Å². The van der Waals surface area contributed by atoms with E-state index in [0.717, 1.165) is 12.1 Å². The van der Waals surface area contributed by atoms with Crippen molar-refractivity contribution in [2.75, 3.05) is 18.8 Å². The van der Waals surface area contributed by atoms with Crippen LogP contribution in [-0.2, 0) is 15.6 Å². The van der Waals surface area contributed by atoms with Crippen LogP contribution < -0.4 is 5.32 Å². The highest BCUT2D eigenvalue weighted by Gasteiger charge is 2.11. The maximum Gasteiger partial charge on any atom is 0.154 e. The molecular weight excluding hydrogens is 318 g/mol. The number of sulfone groups is 1. The van der Waals surface area contributed by atoms with Crippen LogP contribution in [0, 0.1) is 0 Å². The molecule has 0 fully saturated rings. The molecule has 2 aromatic rings. The summed E-state index contributed by atoms with van der Waals surface area (Å²) in [6.45, 7) is 3.55. The molecule has 0 radical (unpaired) electrons. The van der Waals surface area contributed by atoms with Gasteiger partial charge in [0.1, 0.15) is 0 Å². The molecule has 0 spiro atoms. The smallest absolute Gasteiger partial charge is 0.154 e. The van der Waals surface area contributed by atoms with Crippen LogP contribution in [0.1, 0.15) is 24.5 Å². The number of benzene rings is 2. The lowest BCUT2D eigenvalue weighted by Crippen LogP contribution is -2.20. The molecule has 2 aromatic carbocycles. The number of hydrogen-bond acceptors (Lipinski definition) is 3. The Morgan fingerprint density at radius 1 is 1.00 bits per heavy atom. The molecule has 0 bridgehead atoms. The molecule has 0 saturated heterocycles. The van der Waals surface area contributed by atoms with Gasteiger partial charge >= 0.3 is 0 Å². The Morgan fingerprint density at radius 3 is 2.29 bits per heavy atom. The minimum Gasteiger partial charge on any atom is -0.313 e. The second kappa shape index (κ2) is 9.40. The van der Waals surface area contributed by atoms with Crippen molar-refractivity contribution < 1.29 is 8.42 Å². The molecule has 0 amide bonds. The van der Waals surface area contributed by atoms with E-state index >= 15 is 0 Å². The van der Waals surface area contributed by atoms with Gasteiger partial charge in [0.15, 0.2) is 9.84 Å². The molecule has 3 nitrogen and oxygen atoms in total. The predicted molar refractivity (Wildman–Crippen MR) is 102 cm³/mol. The maximum absolute atomic E-state index is 12.1. The molecule has 0 aliphatic carbocycles. The van der Waals surface area contributed by atoms with E-state index in [1.807, 2.05) is 48.5 Å². The molecule has 0 aliphatic rings. The van der Waals surface area contributed by atoms with Gasteiger partial charge in [0.25, 0.3) is 0 Å². The quantitative estimate of drug-likeness (QED) is 0.707. The van der Waals surface area contributed by atoms with Gasteiger partial charge in [-0.25, -0.2) is 8.42 Å². The predicted octanol–water partition coefficient (Wildman–Crippen LogP) is 3.68. The van der Waals surface area contributed by atoms with E-state index in [1.54, 1.807) is 0 Å². The second-order valence-corrected chi connectivity index (χ2v) is 8.19. The molecule has 1 N–H and O–H groups in total. The third kappa shape index (κ3) is 7.11. The Hall–Kier alpha value is -1.91. The first-order chi connectivity index (χ1) is 11.6. The Balaban J connectivity index is 1.68. The van der Waals surface area contributed by atoms with E-state index in [-0.39, 0.29) is 11.5 Å². The fraction of sp³-hybridized carbons (Fsp3) is 0.300. The van der Waals surface area contributed by atoms with E-state index < -0.39 is 9.84 Å². The number of hydrogen-bond donors (Lipinski definition) is 1. The zero-order valence-electron chi connectivity index (χ0n) is 14.1. The molecule has 128 valence electrons. The van der Waals surface area contributed by atoms with Gasteiger partial charge in [-0.15, -0.1) is 0 Å². The van der Waals surface area contributed by atoms with Crippen LogP contribution in [0.3, 0.4) is 0 Å². The summed E-state index contributed by atoms with van der Waals surface area (Å²) in [6, 6.07) is 19.5. The molecule has 0 unspecified atom stereocenters. The van der Waals surface area contributed by atoms with Gasteiger partial charge in [-0.05, 0) is 31.0 Å². The van der Waals surface area contributed by atoms with Gasteiger partial charge in [0.2, 0.25) is 0 Å². The Bertz CT molecular complexity index is 738. The van der Waals surface area contributed by atoms with Crippen LogP contribution in [0.15, 0.2) is 66.2 Å². The summed E-state index contributed by atoms with van der Waals surface area (Å²) in [5.74, 6) is 0.344. The molecule has 0 saturated carbocycles. The Morgan fingerprint density at radius 2 is 1.62 bits per heavy atom. The van der Waals surface area contributed by atoms with Crippen LogP contribution in [0.2, 0.25) is 0 Å². The van der Waals surface area contributed by atoms with Crippen molar-refractivity contribution >= 4 is 15.9 Å². The standard InChI is InChI=1S/C20H25NO2S/c1-18(15-19-9-4-2-5-10-19)16-21-13-8-14-24(22,23)17-20-11-6-3-7-12-20/h2-7,9-12,15,21H,8,13-14,16-17H2,1H3/b18-15-. The van der Waals surface area contributed by atoms with Crippen LogP contribution >= 0.6 is 0 Å². The summed E-state index contributed by atoms with van der Waals surface area (Å²) in [5, 5.41) is 3.31. The van der Waals surface area contributed by atoms with Crippen LogP contribution in [0.5, 0.6) is 0 Å².